The Morgan fingerprint density at radius 1 is 1.18 bits per heavy atom. The Morgan fingerprint density at radius 2 is 1.71 bits per heavy atom. The third kappa shape index (κ3) is 3.14. The smallest absolute Gasteiger partial charge is 0.252 e. The van der Waals surface area contributed by atoms with E-state index in [-0.39, 0.29) is 0 Å². The molecule has 0 spiro atoms. The zero-order valence-electron chi connectivity index (χ0n) is 10.9. The van der Waals surface area contributed by atoms with Gasteiger partial charge in [0.2, 0.25) is 0 Å². The standard InChI is InChI=1S/C14H20O3/c1-11(2)9-12-5-7-13(8-6-12)14(10-15,16-3)17-4/h5-8,10-11H,9H2,1-4H3. The van der Waals surface area contributed by atoms with Crippen LogP contribution in [0.15, 0.2) is 24.3 Å². The summed E-state index contributed by atoms with van der Waals surface area (Å²) in [6.07, 6.45) is 1.69. The number of hydrogen-bond donors (Lipinski definition) is 0. The van der Waals surface area contributed by atoms with Gasteiger partial charge in [0.1, 0.15) is 0 Å². The Hall–Kier alpha value is -1.19. The quantitative estimate of drug-likeness (QED) is 0.562. The van der Waals surface area contributed by atoms with Crippen LogP contribution in [0, 0.1) is 5.92 Å². The highest BCUT2D eigenvalue weighted by atomic mass is 16.7. The minimum absolute atomic E-state index is 0.613. The van der Waals surface area contributed by atoms with Gasteiger partial charge in [-0.3, -0.25) is 4.79 Å². The minimum Gasteiger partial charge on any atom is -0.344 e. The summed E-state index contributed by atoms with van der Waals surface area (Å²) in [7, 11) is 2.92. The van der Waals surface area contributed by atoms with E-state index in [1.54, 1.807) is 0 Å². The zero-order valence-corrected chi connectivity index (χ0v) is 10.9. The van der Waals surface area contributed by atoms with Crippen molar-refractivity contribution in [2.45, 2.75) is 26.1 Å². The molecule has 0 N–H and O–H groups in total. The first-order valence-electron chi connectivity index (χ1n) is 5.74. The Balaban J connectivity index is 2.96. The number of ether oxygens (including phenoxy) is 2. The van der Waals surface area contributed by atoms with E-state index < -0.39 is 5.79 Å². The molecule has 17 heavy (non-hydrogen) atoms. The topological polar surface area (TPSA) is 35.5 Å². The van der Waals surface area contributed by atoms with Crippen LogP contribution in [0.4, 0.5) is 0 Å². The molecule has 0 saturated heterocycles. The number of carbonyl (C=O) groups is 1. The number of methoxy groups -OCH3 is 2. The molecule has 3 nitrogen and oxygen atoms in total. The second-order valence-electron chi connectivity index (χ2n) is 4.49. The highest BCUT2D eigenvalue weighted by Gasteiger charge is 2.31. The van der Waals surface area contributed by atoms with Gasteiger partial charge in [-0.25, -0.2) is 0 Å². The predicted octanol–water partition coefficient (Wildman–Crippen LogP) is 2.53. The summed E-state index contributed by atoms with van der Waals surface area (Å²) >= 11 is 0. The Bertz CT molecular complexity index is 350. The SMILES string of the molecule is COC(C=O)(OC)c1ccc(CC(C)C)cc1. The van der Waals surface area contributed by atoms with E-state index in [1.165, 1.54) is 19.8 Å². The van der Waals surface area contributed by atoms with Crippen LogP contribution in [-0.2, 0) is 26.5 Å². The number of rotatable bonds is 6. The van der Waals surface area contributed by atoms with Gasteiger partial charge in [0, 0.05) is 19.8 Å². The van der Waals surface area contributed by atoms with Gasteiger partial charge in [-0.05, 0) is 17.9 Å². The summed E-state index contributed by atoms with van der Waals surface area (Å²) in [5.74, 6) is -0.669. The molecule has 0 aromatic heterocycles. The van der Waals surface area contributed by atoms with Crippen LogP contribution in [0.25, 0.3) is 0 Å². The molecular weight excluding hydrogens is 216 g/mol. The van der Waals surface area contributed by atoms with Crippen molar-refractivity contribution >= 4 is 6.29 Å². The molecular formula is C14H20O3. The maximum absolute atomic E-state index is 11.1. The van der Waals surface area contributed by atoms with Crippen LogP contribution < -0.4 is 0 Å². The molecule has 0 saturated carbocycles. The van der Waals surface area contributed by atoms with E-state index in [2.05, 4.69) is 13.8 Å². The van der Waals surface area contributed by atoms with Crippen molar-refractivity contribution in [3.05, 3.63) is 35.4 Å². The van der Waals surface area contributed by atoms with E-state index in [4.69, 9.17) is 9.47 Å². The average Bonchev–Trinajstić information content (AvgIpc) is 2.33. The van der Waals surface area contributed by atoms with Gasteiger partial charge in [-0.2, -0.15) is 0 Å². The number of carbonyl (C=O) groups excluding carboxylic acids is 1. The van der Waals surface area contributed by atoms with Crippen molar-refractivity contribution in [1.82, 2.24) is 0 Å². The summed E-state index contributed by atoms with van der Waals surface area (Å²) in [6, 6.07) is 7.76. The molecule has 0 heterocycles. The van der Waals surface area contributed by atoms with Gasteiger partial charge in [0.15, 0.2) is 6.29 Å². The van der Waals surface area contributed by atoms with Crippen molar-refractivity contribution in [2.75, 3.05) is 14.2 Å². The van der Waals surface area contributed by atoms with Gasteiger partial charge in [-0.1, -0.05) is 38.1 Å². The molecule has 3 heteroatoms. The summed E-state index contributed by atoms with van der Waals surface area (Å²) in [5.41, 5.74) is 1.96. The van der Waals surface area contributed by atoms with Crippen molar-refractivity contribution < 1.29 is 14.3 Å². The molecule has 0 atom stereocenters. The van der Waals surface area contributed by atoms with Crippen LogP contribution in [-0.4, -0.2) is 20.5 Å². The van der Waals surface area contributed by atoms with Crippen molar-refractivity contribution in [1.29, 1.82) is 0 Å². The monoisotopic (exact) mass is 236 g/mol. The van der Waals surface area contributed by atoms with E-state index in [0.29, 0.717) is 17.8 Å². The summed E-state index contributed by atoms with van der Waals surface area (Å²) in [6.45, 7) is 4.35. The number of hydrogen-bond acceptors (Lipinski definition) is 3. The maximum atomic E-state index is 11.1. The predicted molar refractivity (Wildman–Crippen MR) is 66.7 cm³/mol. The molecule has 0 aliphatic carbocycles. The first-order valence-corrected chi connectivity index (χ1v) is 5.74. The molecule has 0 unspecified atom stereocenters. The molecule has 0 aliphatic rings. The second kappa shape index (κ2) is 5.94. The van der Waals surface area contributed by atoms with E-state index >= 15 is 0 Å². The Kier molecular flexibility index (Phi) is 4.85. The van der Waals surface area contributed by atoms with E-state index in [9.17, 15) is 4.79 Å². The minimum atomic E-state index is -1.28. The molecule has 0 radical (unpaired) electrons. The fourth-order valence-corrected chi connectivity index (χ4v) is 1.83. The average molecular weight is 236 g/mol. The lowest BCUT2D eigenvalue weighted by Gasteiger charge is -2.25. The Labute approximate surface area is 103 Å². The van der Waals surface area contributed by atoms with Gasteiger partial charge in [0.25, 0.3) is 5.79 Å². The molecule has 0 fully saturated rings. The molecule has 1 aromatic rings. The molecule has 0 aliphatic heterocycles. The van der Waals surface area contributed by atoms with E-state index in [0.717, 1.165) is 6.42 Å². The summed E-state index contributed by atoms with van der Waals surface area (Å²) in [5, 5.41) is 0. The number of benzene rings is 1. The molecule has 0 bridgehead atoms. The van der Waals surface area contributed by atoms with Gasteiger partial charge in [0.05, 0.1) is 0 Å². The van der Waals surface area contributed by atoms with Crippen LogP contribution >= 0.6 is 0 Å². The third-order valence-corrected chi connectivity index (χ3v) is 2.76. The maximum Gasteiger partial charge on any atom is 0.252 e. The summed E-state index contributed by atoms with van der Waals surface area (Å²) < 4.78 is 10.3. The first kappa shape index (κ1) is 13.9. The largest absolute Gasteiger partial charge is 0.344 e. The normalized spacial score (nSPS) is 11.8. The number of aldehydes is 1. The highest BCUT2D eigenvalue weighted by molar-refractivity contribution is 5.64. The van der Waals surface area contributed by atoms with Crippen molar-refractivity contribution in [3.8, 4) is 0 Å². The molecule has 1 rings (SSSR count). The summed E-state index contributed by atoms with van der Waals surface area (Å²) in [4.78, 5) is 11.1. The highest BCUT2D eigenvalue weighted by Crippen LogP contribution is 2.24. The lowest BCUT2D eigenvalue weighted by atomic mass is 9.99. The van der Waals surface area contributed by atoms with Crippen molar-refractivity contribution in [2.24, 2.45) is 5.92 Å². The zero-order chi connectivity index (χ0) is 12.9. The lowest BCUT2D eigenvalue weighted by Crippen LogP contribution is -2.32. The van der Waals surface area contributed by atoms with Crippen molar-refractivity contribution in [3.63, 3.8) is 0 Å². The molecule has 94 valence electrons. The molecule has 1 aromatic carbocycles. The Morgan fingerprint density at radius 3 is 2.06 bits per heavy atom. The fraction of sp³-hybridized carbons (Fsp3) is 0.500. The lowest BCUT2D eigenvalue weighted by molar-refractivity contribution is -0.201. The van der Waals surface area contributed by atoms with Crippen LogP contribution in [0.3, 0.4) is 0 Å². The van der Waals surface area contributed by atoms with Gasteiger partial charge < -0.3 is 9.47 Å². The van der Waals surface area contributed by atoms with Crippen LogP contribution in [0.5, 0.6) is 0 Å². The third-order valence-electron chi connectivity index (χ3n) is 2.76. The van der Waals surface area contributed by atoms with E-state index in [1.807, 2.05) is 24.3 Å². The fourth-order valence-electron chi connectivity index (χ4n) is 1.83. The van der Waals surface area contributed by atoms with Crippen LogP contribution in [0.1, 0.15) is 25.0 Å². The first-order chi connectivity index (χ1) is 8.07. The van der Waals surface area contributed by atoms with Gasteiger partial charge >= 0.3 is 0 Å². The second-order valence-corrected chi connectivity index (χ2v) is 4.49. The molecule has 0 amide bonds. The van der Waals surface area contributed by atoms with Gasteiger partial charge in [-0.15, -0.1) is 0 Å². The van der Waals surface area contributed by atoms with Crippen LogP contribution in [0.2, 0.25) is 0 Å².